The molecule has 6 heteroatoms. The molecular weight excluding hydrogens is 268 g/mol. The zero-order valence-electron chi connectivity index (χ0n) is 12.5. The molecule has 0 radical (unpaired) electrons. The van der Waals surface area contributed by atoms with Crippen LogP contribution in [0.15, 0.2) is 18.3 Å². The second-order valence-corrected chi connectivity index (χ2v) is 5.22. The molecule has 1 amide bonds. The molecule has 0 aliphatic carbocycles. The van der Waals surface area contributed by atoms with Crippen LogP contribution in [0.1, 0.15) is 30.3 Å². The van der Waals surface area contributed by atoms with Crippen LogP contribution in [0.4, 0.5) is 5.69 Å². The van der Waals surface area contributed by atoms with E-state index in [-0.39, 0.29) is 12.5 Å². The van der Waals surface area contributed by atoms with Gasteiger partial charge in [0.1, 0.15) is 5.69 Å². The lowest BCUT2D eigenvalue weighted by Crippen LogP contribution is -2.39. The Morgan fingerprint density at radius 1 is 1.62 bits per heavy atom. The van der Waals surface area contributed by atoms with Crippen molar-refractivity contribution in [2.24, 2.45) is 0 Å². The fourth-order valence-electron chi connectivity index (χ4n) is 2.62. The Balaban J connectivity index is 2.11. The number of hydrogen-bond acceptors (Lipinski definition) is 5. The van der Waals surface area contributed by atoms with Gasteiger partial charge in [-0.1, -0.05) is 0 Å². The van der Waals surface area contributed by atoms with Crippen molar-refractivity contribution in [3.05, 3.63) is 24.0 Å². The van der Waals surface area contributed by atoms with Crippen LogP contribution in [0.25, 0.3) is 0 Å². The summed E-state index contributed by atoms with van der Waals surface area (Å²) in [4.78, 5) is 18.1. The van der Waals surface area contributed by atoms with Crippen molar-refractivity contribution in [1.29, 1.82) is 0 Å². The summed E-state index contributed by atoms with van der Waals surface area (Å²) in [6, 6.07) is 4.11. The van der Waals surface area contributed by atoms with Gasteiger partial charge in [-0.3, -0.25) is 9.78 Å². The first-order valence-corrected chi connectivity index (χ1v) is 7.58. The first kappa shape index (κ1) is 15.7. The van der Waals surface area contributed by atoms with Gasteiger partial charge in [0.2, 0.25) is 0 Å². The van der Waals surface area contributed by atoms with Gasteiger partial charge >= 0.3 is 0 Å². The maximum atomic E-state index is 11.9. The average molecular weight is 292 g/mol. The molecule has 0 bridgehead atoms. The first-order valence-electron chi connectivity index (χ1n) is 7.58. The fourth-order valence-corrected chi connectivity index (χ4v) is 2.62. The summed E-state index contributed by atoms with van der Waals surface area (Å²) in [6.45, 7) is 4.99. The Morgan fingerprint density at radius 2 is 2.48 bits per heavy atom. The van der Waals surface area contributed by atoms with E-state index in [1.807, 2.05) is 13.0 Å². The van der Waals surface area contributed by atoms with Gasteiger partial charge < -0.3 is 20.6 Å². The molecule has 0 aromatic carbocycles. The molecule has 1 aromatic heterocycles. The molecule has 1 unspecified atom stereocenters. The predicted molar refractivity (Wildman–Crippen MR) is 82.6 cm³/mol. The normalized spacial score (nSPS) is 17.7. The number of anilines is 1. The van der Waals surface area contributed by atoms with Crippen LogP contribution in [-0.4, -0.2) is 54.8 Å². The van der Waals surface area contributed by atoms with E-state index in [0.29, 0.717) is 24.8 Å². The lowest BCUT2D eigenvalue weighted by Gasteiger charge is -2.27. The fraction of sp³-hybridized carbons (Fsp3) is 0.600. The summed E-state index contributed by atoms with van der Waals surface area (Å²) in [5.41, 5.74) is 1.34. The highest BCUT2D eigenvalue weighted by atomic mass is 16.3. The third-order valence-electron chi connectivity index (χ3n) is 3.65. The van der Waals surface area contributed by atoms with Crippen molar-refractivity contribution < 1.29 is 9.90 Å². The van der Waals surface area contributed by atoms with E-state index in [2.05, 4.69) is 20.5 Å². The van der Waals surface area contributed by atoms with Crippen LogP contribution < -0.4 is 15.5 Å². The van der Waals surface area contributed by atoms with Gasteiger partial charge in [-0.25, -0.2) is 0 Å². The molecule has 0 saturated carbocycles. The number of rotatable bonds is 7. The van der Waals surface area contributed by atoms with E-state index in [4.69, 9.17) is 0 Å². The van der Waals surface area contributed by atoms with Crippen LogP contribution in [-0.2, 0) is 0 Å². The standard InChI is InChI=1S/C15H24N4O2/c1-2-16-15(21)14-10-13(5-7-18-14)19(8-9-20)11-12-4-3-6-17-12/h5,7,10,12,17,20H,2-4,6,8-9,11H2,1H3,(H,16,21). The predicted octanol–water partition coefficient (Wildman–Crippen LogP) is 0.382. The van der Waals surface area contributed by atoms with Crippen molar-refractivity contribution in [1.82, 2.24) is 15.6 Å². The van der Waals surface area contributed by atoms with E-state index in [1.165, 1.54) is 6.42 Å². The quantitative estimate of drug-likeness (QED) is 0.677. The molecule has 21 heavy (non-hydrogen) atoms. The number of carbonyl (C=O) groups excluding carboxylic acids is 1. The Kier molecular flexibility index (Phi) is 5.95. The average Bonchev–Trinajstić information content (AvgIpc) is 3.00. The number of aliphatic hydroxyl groups is 1. The lowest BCUT2D eigenvalue weighted by molar-refractivity contribution is 0.0951. The maximum Gasteiger partial charge on any atom is 0.269 e. The van der Waals surface area contributed by atoms with E-state index >= 15 is 0 Å². The maximum absolute atomic E-state index is 11.9. The third kappa shape index (κ3) is 4.41. The van der Waals surface area contributed by atoms with Gasteiger partial charge in [0.25, 0.3) is 5.91 Å². The van der Waals surface area contributed by atoms with Crippen LogP contribution in [0.2, 0.25) is 0 Å². The summed E-state index contributed by atoms with van der Waals surface area (Å²) in [5, 5.41) is 15.5. The topological polar surface area (TPSA) is 77.5 Å². The second kappa shape index (κ2) is 7.95. The summed E-state index contributed by atoms with van der Waals surface area (Å²) >= 11 is 0. The van der Waals surface area contributed by atoms with Gasteiger partial charge in [-0.2, -0.15) is 0 Å². The summed E-state index contributed by atoms with van der Waals surface area (Å²) in [6.07, 6.45) is 3.99. The number of nitrogens with zero attached hydrogens (tertiary/aromatic N) is 2. The molecule has 1 aliphatic heterocycles. The minimum Gasteiger partial charge on any atom is -0.395 e. The molecule has 2 rings (SSSR count). The molecule has 6 nitrogen and oxygen atoms in total. The van der Waals surface area contributed by atoms with Gasteiger partial charge in [0.15, 0.2) is 0 Å². The van der Waals surface area contributed by atoms with E-state index in [9.17, 15) is 9.90 Å². The van der Waals surface area contributed by atoms with E-state index in [0.717, 1.165) is 25.2 Å². The number of aromatic nitrogens is 1. The molecule has 1 aromatic rings. The van der Waals surface area contributed by atoms with Gasteiger partial charge in [0, 0.05) is 37.6 Å². The molecule has 1 saturated heterocycles. The number of aliphatic hydroxyl groups excluding tert-OH is 1. The van der Waals surface area contributed by atoms with Crippen molar-refractivity contribution in [3.63, 3.8) is 0 Å². The summed E-state index contributed by atoms with van der Waals surface area (Å²) < 4.78 is 0. The van der Waals surface area contributed by atoms with Crippen LogP contribution in [0.5, 0.6) is 0 Å². The summed E-state index contributed by atoms with van der Waals surface area (Å²) in [7, 11) is 0. The van der Waals surface area contributed by atoms with Crippen LogP contribution >= 0.6 is 0 Å². The molecule has 0 spiro atoms. The van der Waals surface area contributed by atoms with Gasteiger partial charge in [-0.05, 0) is 38.4 Å². The van der Waals surface area contributed by atoms with E-state index in [1.54, 1.807) is 12.3 Å². The zero-order chi connectivity index (χ0) is 15.1. The molecule has 3 N–H and O–H groups in total. The SMILES string of the molecule is CCNC(=O)c1cc(N(CCO)CC2CCCN2)ccn1. The molecule has 116 valence electrons. The Morgan fingerprint density at radius 3 is 3.14 bits per heavy atom. The second-order valence-electron chi connectivity index (χ2n) is 5.22. The molecule has 1 atom stereocenters. The number of nitrogens with one attached hydrogen (secondary N) is 2. The van der Waals surface area contributed by atoms with Crippen molar-refractivity contribution in [2.45, 2.75) is 25.8 Å². The molecule has 1 aliphatic rings. The van der Waals surface area contributed by atoms with Crippen LogP contribution in [0.3, 0.4) is 0 Å². The zero-order valence-corrected chi connectivity index (χ0v) is 12.5. The Labute approximate surface area is 125 Å². The highest BCUT2D eigenvalue weighted by molar-refractivity contribution is 5.93. The third-order valence-corrected chi connectivity index (χ3v) is 3.65. The Hall–Kier alpha value is -1.66. The number of hydrogen-bond donors (Lipinski definition) is 3. The van der Waals surface area contributed by atoms with Gasteiger partial charge in [0.05, 0.1) is 6.61 Å². The minimum absolute atomic E-state index is 0.0888. The highest BCUT2D eigenvalue weighted by Crippen LogP contribution is 2.17. The highest BCUT2D eigenvalue weighted by Gasteiger charge is 2.19. The molecular formula is C15H24N4O2. The minimum atomic E-state index is -0.165. The van der Waals surface area contributed by atoms with Crippen LogP contribution in [0, 0.1) is 0 Å². The Bertz CT molecular complexity index is 461. The smallest absolute Gasteiger partial charge is 0.269 e. The van der Waals surface area contributed by atoms with Crippen molar-refractivity contribution >= 4 is 11.6 Å². The number of carbonyl (C=O) groups is 1. The lowest BCUT2D eigenvalue weighted by atomic mass is 10.2. The largest absolute Gasteiger partial charge is 0.395 e. The summed E-state index contributed by atoms with van der Waals surface area (Å²) in [5.74, 6) is -0.165. The number of amides is 1. The van der Waals surface area contributed by atoms with Crippen molar-refractivity contribution in [2.75, 3.05) is 37.7 Å². The molecule has 1 fully saturated rings. The number of pyridine rings is 1. The molecule has 2 heterocycles. The van der Waals surface area contributed by atoms with Gasteiger partial charge in [-0.15, -0.1) is 0 Å². The van der Waals surface area contributed by atoms with Crippen molar-refractivity contribution in [3.8, 4) is 0 Å². The monoisotopic (exact) mass is 292 g/mol. The van der Waals surface area contributed by atoms with E-state index < -0.39 is 0 Å². The first-order chi connectivity index (χ1) is 10.2.